The average Bonchev–Trinajstić information content (AvgIpc) is 3.16. The minimum atomic E-state index is -0.509. The molecular formula is C20H14BrClN2O4. The summed E-state index contributed by atoms with van der Waals surface area (Å²) in [6.07, 6.45) is 1.39. The van der Waals surface area contributed by atoms with Crippen molar-refractivity contribution in [3.05, 3.63) is 81.0 Å². The van der Waals surface area contributed by atoms with Gasteiger partial charge in [-0.3, -0.25) is 4.79 Å². The number of nitrogens with one attached hydrogen (secondary N) is 1. The molecule has 0 fully saturated rings. The lowest BCUT2D eigenvalue weighted by atomic mass is 10.1. The van der Waals surface area contributed by atoms with E-state index in [0.717, 1.165) is 4.47 Å². The summed E-state index contributed by atoms with van der Waals surface area (Å²) in [5.41, 5.74) is 3.89. The summed E-state index contributed by atoms with van der Waals surface area (Å²) in [5.74, 6) is 0.143. The van der Waals surface area contributed by atoms with Crippen LogP contribution in [0.3, 0.4) is 0 Å². The molecule has 0 saturated heterocycles. The van der Waals surface area contributed by atoms with Crippen LogP contribution in [0.15, 0.2) is 68.6 Å². The quantitative estimate of drug-likeness (QED) is 0.332. The predicted octanol–water partition coefficient (Wildman–Crippen LogP) is 4.91. The zero-order chi connectivity index (χ0) is 20.1. The number of rotatable bonds is 5. The lowest BCUT2D eigenvalue weighted by Gasteiger charge is -2.04. The summed E-state index contributed by atoms with van der Waals surface area (Å²) in [6.45, 7) is 0. The van der Waals surface area contributed by atoms with E-state index >= 15 is 0 Å². The number of esters is 1. The Balaban J connectivity index is 1.67. The van der Waals surface area contributed by atoms with E-state index < -0.39 is 5.97 Å². The smallest absolute Gasteiger partial charge is 0.339 e. The summed E-state index contributed by atoms with van der Waals surface area (Å²) in [6, 6.07) is 15.2. The van der Waals surface area contributed by atoms with E-state index in [-0.39, 0.29) is 16.5 Å². The average molecular weight is 462 g/mol. The number of benzene rings is 2. The molecule has 0 radical (unpaired) electrons. The van der Waals surface area contributed by atoms with E-state index in [1.54, 1.807) is 54.6 Å². The second kappa shape index (κ2) is 8.86. The SMILES string of the molecule is COC(=O)c1ccc(-c2ccc(/C=N\NC(=O)c3ccc(Br)cc3)o2)cc1Cl. The van der Waals surface area contributed by atoms with Crippen molar-refractivity contribution in [2.24, 2.45) is 5.10 Å². The summed E-state index contributed by atoms with van der Waals surface area (Å²) in [4.78, 5) is 23.6. The zero-order valence-electron chi connectivity index (χ0n) is 14.6. The van der Waals surface area contributed by atoms with Crippen molar-refractivity contribution in [1.82, 2.24) is 5.43 Å². The van der Waals surface area contributed by atoms with Gasteiger partial charge >= 0.3 is 5.97 Å². The standard InChI is InChI=1S/C20H14BrClN2O4/c1-27-20(26)16-8-4-13(10-17(16)22)18-9-7-15(28-18)11-23-24-19(25)12-2-5-14(21)6-3-12/h2-11H,1H3,(H,24,25)/b23-11-. The van der Waals surface area contributed by atoms with E-state index in [1.807, 2.05) is 0 Å². The lowest BCUT2D eigenvalue weighted by Crippen LogP contribution is -2.17. The number of nitrogens with zero attached hydrogens (tertiary/aromatic N) is 1. The first-order chi connectivity index (χ1) is 13.5. The van der Waals surface area contributed by atoms with Gasteiger partial charge < -0.3 is 9.15 Å². The van der Waals surface area contributed by atoms with Crippen molar-refractivity contribution >= 4 is 45.6 Å². The molecule has 142 valence electrons. The summed E-state index contributed by atoms with van der Waals surface area (Å²) in [7, 11) is 1.29. The summed E-state index contributed by atoms with van der Waals surface area (Å²) in [5, 5.41) is 4.16. The number of halogens is 2. The third-order valence-electron chi connectivity index (χ3n) is 3.75. The molecule has 3 rings (SSSR count). The highest BCUT2D eigenvalue weighted by atomic mass is 79.9. The zero-order valence-corrected chi connectivity index (χ0v) is 17.0. The van der Waals surface area contributed by atoms with Crippen molar-refractivity contribution < 1.29 is 18.7 Å². The Morgan fingerprint density at radius 3 is 2.57 bits per heavy atom. The molecule has 3 aromatic rings. The normalized spacial score (nSPS) is 10.8. The minimum Gasteiger partial charge on any atom is -0.465 e. The maximum absolute atomic E-state index is 12.0. The monoisotopic (exact) mass is 460 g/mol. The highest BCUT2D eigenvalue weighted by molar-refractivity contribution is 9.10. The van der Waals surface area contributed by atoms with Crippen LogP contribution < -0.4 is 5.43 Å². The van der Waals surface area contributed by atoms with Crippen LogP contribution in [-0.2, 0) is 4.74 Å². The molecule has 0 aliphatic rings. The number of hydrogen-bond acceptors (Lipinski definition) is 5. The predicted molar refractivity (Wildman–Crippen MR) is 110 cm³/mol. The summed E-state index contributed by atoms with van der Waals surface area (Å²) >= 11 is 9.44. The second-order valence-electron chi connectivity index (χ2n) is 5.59. The molecule has 0 atom stereocenters. The van der Waals surface area contributed by atoms with Crippen LogP contribution in [0.2, 0.25) is 5.02 Å². The molecule has 2 aromatic carbocycles. The fourth-order valence-corrected chi connectivity index (χ4v) is 2.86. The highest BCUT2D eigenvalue weighted by Gasteiger charge is 2.13. The first-order valence-corrected chi connectivity index (χ1v) is 9.22. The second-order valence-corrected chi connectivity index (χ2v) is 6.92. The van der Waals surface area contributed by atoms with Gasteiger partial charge in [-0.25, -0.2) is 10.2 Å². The largest absolute Gasteiger partial charge is 0.465 e. The van der Waals surface area contributed by atoms with Crippen molar-refractivity contribution in [2.75, 3.05) is 7.11 Å². The lowest BCUT2D eigenvalue weighted by molar-refractivity contribution is 0.0600. The first kappa shape index (κ1) is 19.9. The third kappa shape index (κ3) is 4.68. The van der Waals surface area contributed by atoms with Gasteiger partial charge in [0, 0.05) is 15.6 Å². The molecular weight excluding hydrogens is 448 g/mol. The van der Waals surface area contributed by atoms with Gasteiger partial charge in [0.2, 0.25) is 0 Å². The Bertz CT molecular complexity index is 1040. The highest BCUT2D eigenvalue weighted by Crippen LogP contribution is 2.27. The fourth-order valence-electron chi connectivity index (χ4n) is 2.34. The maximum Gasteiger partial charge on any atom is 0.339 e. The molecule has 0 bridgehead atoms. The molecule has 0 aliphatic carbocycles. The Kier molecular flexibility index (Phi) is 6.28. The molecule has 28 heavy (non-hydrogen) atoms. The fraction of sp³-hybridized carbons (Fsp3) is 0.0500. The van der Waals surface area contributed by atoms with Crippen LogP contribution in [0.4, 0.5) is 0 Å². The molecule has 0 saturated carbocycles. The van der Waals surface area contributed by atoms with E-state index in [2.05, 4.69) is 31.2 Å². The Labute approximate surface area is 174 Å². The number of ether oxygens (including phenoxy) is 1. The maximum atomic E-state index is 12.0. The molecule has 1 heterocycles. The van der Waals surface area contributed by atoms with Gasteiger partial charge in [0.25, 0.3) is 5.91 Å². The van der Waals surface area contributed by atoms with Crippen molar-refractivity contribution in [2.45, 2.75) is 0 Å². The van der Waals surface area contributed by atoms with Gasteiger partial charge in [-0.05, 0) is 48.5 Å². The number of carbonyl (C=O) groups is 2. The van der Waals surface area contributed by atoms with Crippen molar-refractivity contribution in [1.29, 1.82) is 0 Å². The molecule has 1 aromatic heterocycles. The van der Waals surface area contributed by atoms with Crippen molar-refractivity contribution in [3.8, 4) is 11.3 Å². The molecule has 8 heteroatoms. The van der Waals surface area contributed by atoms with Gasteiger partial charge in [-0.15, -0.1) is 0 Å². The van der Waals surface area contributed by atoms with Crippen molar-refractivity contribution in [3.63, 3.8) is 0 Å². The Morgan fingerprint density at radius 2 is 1.89 bits per heavy atom. The van der Waals surface area contributed by atoms with Crippen LogP contribution in [-0.4, -0.2) is 25.2 Å². The van der Waals surface area contributed by atoms with Crippen LogP contribution >= 0.6 is 27.5 Å². The molecule has 6 nitrogen and oxygen atoms in total. The van der Waals surface area contributed by atoms with Gasteiger partial charge in [0.15, 0.2) is 0 Å². The third-order valence-corrected chi connectivity index (χ3v) is 4.59. The van der Waals surface area contributed by atoms with E-state index in [1.165, 1.54) is 13.3 Å². The summed E-state index contributed by atoms with van der Waals surface area (Å²) < 4.78 is 11.2. The van der Waals surface area contributed by atoms with E-state index in [0.29, 0.717) is 22.6 Å². The number of furan rings is 1. The Hall–Kier alpha value is -2.90. The topological polar surface area (TPSA) is 80.9 Å². The number of hydrogen-bond donors (Lipinski definition) is 1. The molecule has 0 spiro atoms. The van der Waals surface area contributed by atoms with E-state index in [4.69, 9.17) is 16.0 Å². The minimum absolute atomic E-state index is 0.262. The molecule has 0 unspecified atom stereocenters. The molecule has 0 aliphatic heterocycles. The van der Waals surface area contributed by atoms with Gasteiger partial charge in [0.1, 0.15) is 11.5 Å². The van der Waals surface area contributed by atoms with E-state index in [9.17, 15) is 9.59 Å². The molecule has 1 amide bonds. The number of methoxy groups -OCH3 is 1. The van der Waals surface area contributed by atoms with Gasteiger partial charge in [0.05, 0.1) is 23.9 Å². The number of hydrazone groups is 1. The van der Waals surface area contributed by atoms with Gasteiger partial charge in [-0.1, -0.05) is 33.6 Å². The number of amides is 1. The molecule has 1 N–H and O–H groups in total. The van der Waals surface area contributed by atoms with Crippen LogP contribution in [0.1, 0.15) is 26.5 Å². The van der Waals surface area contributed by atoms with Crippen LogP contribution in [0, 0.1) is 0 Å². The van der Waals surface area contributed by atoms with Gasteiger partial charge in [-0.2, -0.15) is 5.10 Å². The number of carbonyl (C=O) groups excluding carboxylic acids is 2. The van der Waals surface area contributed by atoms with Crippen LogP contribution in [0.5, 0.6) is 0 Å². The Morgan fingerprint density at radius 1 is 1.14 bits per heavy atom. The van der Waals surface area contributed by atoms with Crippen LogP contribution in [0.25, 0.3) is 11.3 Å². The first-order valence-electron chi connectivity index (χ1n) is 8.05.